The quantitative estimate of drug-likeness (QED) is 0.0330. The van der Waals surface area contributed by atoms with Crippen LogP contribution in [0.1, 0.15) is 44.3 Å². The molecule has 0 spiro atoms. The molecule has 3 N–H and O–H groups in total. The van der Waals surface area contributed by atoms with Crippen molar-refractivity contribution in [1.29, 1.82) is 0 Å². The van der Waals surface area contributed by atoms with Gasteiger partial charge < -0.3 is 41.2 Å². The van der Waals surface area contributed by atoms with Crippen molar-refractivity contribution in [2.75, 3.05) is 44.9 Å². The van der Waals surface area contributed by atoms with E-state index in [9.17, 15) is 23.1 Å². The van der Waals surface area contributed by atoms with Crippen LogP contribution in [0.15, 0.2) is 78.1 Å². The minimum atomic E-state index is -2.71. The van der Waals surface area contributed by atoms with Crippen LogP contribution in [0.5, 0.6) is 0 Å². The van der Waals surface area contributed by atoms with Crippen LogP contribution in [0.2, 0.25) is 20.7 Å². The van der Waals surface area contributed by atoms with Crippen LogP contribution < -0.4 is 130 Å². The molecule has 0 fully saturated rings. The number of nitrogens with two attached hydrogens (primary N) is 1. The molecule has 0 aliphatic rings. The van der Waals surface area contributed by atoms with E-state index in [1.165, 1.54) is 12.4 Å². The average Bonchev–Trinajstić information content (AvgIpc) is 3.95. The Labute approximate surface area is 527 Å². The Morgan fingerprint density at radius 1 is 0.789 bits per heavy atom. The number of hydrogen-bond acceptors (Lipinski definition) is 17. The van der Waals surface area contributed by atoms with Gasteiger partial charge in [-0.1, -0.05) is 35.3 Å². The summed E-state index contributed by atoms with van der Waals surface area (Å²) >= 11 is 26.0. The first-order chi connectivity index (χ1) is 32.3. The van der Waals surface area contributed by atoms with Crippen LogP contribution in [0.25, 0.3) is 22.3 Å². The van der Waals surface area contributed by atoms with Crippen molar-refractivity contribution in [1.82, 2.24) is 39.5 Å². The number of hydrogen-bond donors (Lipinski definition) is 2. The third kappa shape index (κ3) is 24.2. The van der Waals surface area contributed by atoms with Crippen LogP contribution in [0.3, 0.4) is 0 Å². The molecule has 0 unspecified atom stereocenters. The van der Waals surface area contributed by atoms with Crippen molar-refractivity contribution >= 4 is 123 Å². The number of carbonyl (C=O) groups is 3. The molecule has 376 valence electrons. The van der Waals surface area contributed by atoms with E-state index in [1.54, 1.807) is 117 Å². The average molecular weight is 1220 g/mol. The molecule has 0 aliphatic carbocycles. The van der Waals surface area contributed by atoms with Gasteiger partial charge >= 0.3 is 115 Å². The summed E-state index contributed by atoms with van der Waals surface area (Å²) in [5.74, 6) is 0.307. The number of nitrogen functional groups attached to an aromatic ring is 1. The molecule has 0 saturated carbocycles. The van der Waals surface area contributed by atoms with Gasteiger partial charge in [-0.3, -0.25) is 9.18 Å². The Hall–Kier alpha value is -1.71. The molecule has 0 radical (unpaired) electrons. The number of ether oxygens (including phenoxy) is 2. The number of carbonyl (C=O) groups excluding carboxylic acids is 3. The van der Waals surface area contributed by atoms with Crippen LogP contribution in [-0.4, -0.2) is 103 Å². The van der Waals surface area contributed by atoms with Crippen LogP contribution >= 0.6 is 76.6 Å². The van der Waals surface area contributed by atoms with E-state index in [2.05, 4.69) is 56.3 Å². The zero-order chi connectivity index (χ0) is 53.4. The van der Waals surface area contributed by atoms with Gasteiger partial charge in [-0.15, -0.1) is 0 Å². The fraction of sp³-hybridized carbons (Fsp3) is 0.310. The summed E-state index contributed by atoms with van der Waals surface area (Å²) in [6.45, 7) is 17.2. The molecule has 19 nitrogen and oxygen atoms in total. The molecule has 71 heavy (non-hydrogen) atoms. The van der Waals surface area contributed by atoms with Gasteiger partial charge in [-0.25, -0.2) is 24.5 Å². The van der Waals surface area contributed by atoms with Crippen LogP contribution in [0.4, 0.5) is 31.2 Å². The van der Waals surface area contributed by atoms with Crippen molar-refractivity contribution in [2.45, 2.75) is 52.7 Å². The Morgan fingerprint density at radius 3 is 1.62 bits per heavy atom. The molecule has 6 rings (SSSR count). The summed E-state index contributed by atoms with van der Waals surface area (Å²) in [6.07, 6.45) is 8.02. The molecular weight excluding hydrogens is 1170 g/mol. The number of rotatable bonds is 7. The molecule has 6 aromatic rings. The summed E-state index contributed by atoms with van der Waals surface area (Å²) in [7, 11) is -6.20. The first-order valence-corrected chi connectivity index (χ1v) is 26.9. The maximum atomic E-state index is 13.0. The Morgan fingerprint density at radius 2 is 1.21 bits per heavy atom. The third-order valence-electron chi connectivity index (χ3n) is 7.86. The summed E-state index contributed by atoms with van der Waals surface area (Å²) in [4.78, 5) is 50.7. The Balaban J connectivity index is 0. The van der Waals surface area contributed by atoms with E-state index in [0.29, 0.717) is 43.0 Å². The summed E-state index contributed by atoms with van der Waals surface area (Å²) in [5, 5.41) is 21.6. The van der Waals surface area contributed by atoms with E-state index < -0.39 is 44.8 Å². The topological polar surface area (TPSA) is 261 Å². The van der Waals surface area contributed by atoms with Gasteiger partial charge in [0.15, 0.2) is 5.82 Å². The zero-order valence-electron chi connectivity index (χ0n) is 42.7. The van der Waals surface area contributed by atoms with Crippen molar-refractivity contribution in [3.05, 3.63) is 98.8 Å². The molecule has 0 bridgehead atoms. The molecule has 29 heteroatoms. The van der Waals surface area contributed by atoms with Gasteiger partial charge in [0.05, 0.1) is 37.3 Å². The Bertz CT molecular complexity index is 2860. The SMILES string of the molecule is CC(C)(C)OC(=O)n1cc(-c2ccc(N)c(P(C)(C)=O)c2)cn1.CC(C)(C)OC(=O)n1cc(-c2ccc(Nc3nc(Cl)ncc3Cl)c(P(C)(C)=O)c2)cn1.Clc1ncc(Br)c(Cl)n1.O=CO[O-].[2H]CF.[H-].[K+].[K+]. The predicted octanol–water partition coefficient (Wildman–Crippen LogP) is 4.27. The normalized spacial score (nSPS) is 11.0. The van der Waals surface area contributed by atoms with E-state index in [4.69, 9.17) is 73.0 Å². The number of alkyl halides is 1. The van der Waals surface area contributed by atoms with Gasteiger partial charge in [0.1, 0.15) is 35.7 Å². The maximum absolute atomic E-state index is 13.0. The van der Waals surface area contributed by atoms with E-state index in [1.807, 2.05) is 12.1 Å². The molecule has 4 aromatic heterocycles. The smallest absolute Gasteiger partial charge is 1.00 e. The first-order valence-electron chi connectivity index (χ1n) is 20.1. The summed E-state index contributed by atoms with van der Waals surface area (Å²) < 4.78 is 54.3. The third-order valence-corrected chi connectivity index (χ3v) is 12.7. The van der Waals surface area contributed by atoms with Crippen molar-refractivity contribution in [3.8, 4) is 22.3 Å². The van der Waals surface area contributed by atoms with Crippen molar-refractivity contribution < 1.29 is 153 Å². The molecule has 4 heterocycles. The van der Waals surface area contributed by atoms with Gasteiger partial charge in [0.2, 0.25) is 10.6 Å². The van der Waals surface area contributed by atoms with Crippen molar-refractivity contribution in [3.63, 3.8) is 0 Å². The van der Waals surface area contributed by atoms with Crippen LogP contribution in [-0.2, 0) is 28.3 Å². The number of benzene rings is 2. The van der Waals surface area contributed by atoms with Crippen LogP contribution in [0, 0.1) is 0 Å². The van der Waals surface area contributed by atoms with Gasteiger partial charge in [-0.05, 0) is 143 Å². The summed E-state index contributed by atoms with van der Waals surface area (Å²) in [5.41, 5.74) is 8.71. The van der Waals surface area contributed by atoms with Gasteiger partial charge in [0, 0.05) is 46.0 Å². The monoisotopic (exact) mass is 1220 g/mol. The maximum Gasteiger partial charge on any atom is 1.00 e. The van der Waals surface area contributed by atoms with E-state index in [0.717, 1.165) is 26.1 Å². The second-order valence-electron chi connectivity index (χ2n) is 16.4. The van der Waals surface area contributed by atoms with Gasteiger partial charge in [0.25, 0.3) is 6.47 Å². The minimum absolute atomic E-state index is 0. The molecule has 0 saturated heterocycles. The number of halogens is 6. The molecule has 0 amide bonds. The zero-order valence-corrected chi connectivity index (χ0v) is 53.3. The number of aromatic nitrogens is 8. The van der Waals surface area contributed by atoms with E-state index in [-0.39, 0.29) is 126 Å². The fourth-order valence-corrected chi connectivity index (χ4v) is 8.18. The minimum Gasteiger partial charge on any atom is -1.00 e. The second kappa shape index (κ2) is 31.4. The standard InChI is InChI=1S/C20H22Cl2N5O3P.C16H22N3O3P.C4HBrCl2N2.CH3F.CH2O3.2K.H/c1-20(2,3)30-19(28)27-11-13(9-24-27)12-6-7-15(16(8-12)31(4,5)29)25-17-14(21)10-23-18(22)26-17;1-16(2,3)22-15(20)19-10-12(9-18-19)11-6-7-13(17)14(8-11)23(4,5)21;5-2-1-8-4(7)9-3(2)6;1-2;2-1-4-3;;;/h6-11H,1-5H3,(H,23,25,26);6-10H,17H2,1-5H3;1H;1H3;1,3H;;;/q;;;;;2*+1;-1/p-1/i;;;1D;;;;. The van der Waals surface area contributed by atoms with Crippen molar-refractivity contribution in [2.24, 2.45) is 0 Å². The summed E-state index contributed by atoms with van der Waals surface area (Å²) in [6, 6.07) is 10.7. The van der Waals surface area contributed by atoms with Gasteiger partial charge in [-0.2, -0.15) is 24.5 Å². The second-order valence-corrected chi connectivity index (χ2v) is 25.1. The number of nitrogens with one attached hydrogen (secondary N) is 1. The fourth-order valence-electron chi connectivity index (χ4n) is 5.10. The first kappa shape index (κ1) is 67.3. The molecule has 0 atom stereocenters. The van der Waals surface area contributed by atoms with E-state index >= 15 is 0 Å². The largest absolute Gasteiger partial charge is 1.00 e. The predicted molar refractivity (Wildman–Crippen MR) is 272 cm³/mol. The molecule has 0 aliphatic heterocycles. The number of anilines is 3. The molecular formula is C42H50BrCl4FK2N10O9P2. The number of nitrogens with zero attached hydrogens (tertiary/aromatic N) is 8. The molecule has 2 aromatic carbocycles. The Kier molecular flexibility index (Phi) is 29.7.